The van der Waals surface area contributed by atoms with E-state index in [1.54, 1.807) is 11.1 Å². The van der Waals surface area contributed by atoms with Gasteiger partial charge in [0.1, 0.15) is 0 Å². The van der Waals surface area contributed by atoms with E-state index in [-0.39, 0.29) is 16.9 Å². The molecule has 1 saturated carbocycles. The van der Waals surface area contributed by atoms with Crippen molar-refractivity contribution in [2.24, 2.45) is 23.2 Å². The molecule has 0 bridgehead atoms. The summed E-state index contributed by atoms with van der Waals surface area (Å²) in [4.78, 5) is 13.4. The minimum absolute atomic E-state index is 0.119. The number of benzene rings is 1. The van der Waals surface area contributed by atoms with Crippen molar-refractivity contribution in [1.29, 1.82) is 0 Å². The van der Waals surface area contributed by atoms with E-state index in [0.29, 0.717) is 5.92 Å². The Morgan fingerprint density at radius 2 is 1.77 bits per heavy atom. The van der Waals surface area contributed by atoms with Crippen LogP contribution in [-0.2, 0) is 0 Å². The maximum Gasteiger partial charge on any atom is 0.252 e. The second-order valence-electron chi connectivity index (χ2n) is 11.3. The highest BCUT2D eigenvalue weighted by Gasteiger charge is 2.53. The summed E-state index contributed by atoms with van der Waals surface area (Å²) < 4.78 is 0. The van der Waals surface area contributed by atoms with Crippen LogP contribution in [0.25, 0.3) is 0 Å². The third kappa shape index (κ3) is 3.55. The van der Waals surface area contributed by atoms with Crippen molar-refractivity contribution in [1.82, 2.24) is 5.32 Å². The molecule has 0 spiro atoms. The van der Waals surface area contributed by atoms with E-state index >= 15 is 0 Å². The van der Waals surface area contributed by atoms with Crippen LogP contribution >= 0.6 is 0 Å². The van der Waals surface area contributed by atoms with Gasteiger partial charge in [0, 0.05) is 11.1 Å². The first-order chi connectivity index (χ1) is 14.2. The summed E-state index contributed by atoms with van der Waals surface area (Å²) >= 11 is 0. The van der Waals surface area contributed by atoms with Crippen LogP contribution in [0.1, 0.15) is 101 Å². The minimum atomic E-state index is -0.119. The molecule has 2 heteroatoms. The number of rotatable bonds is 3. The highest BCUT2D eigenvalue weighted by molar-refractivity contribution is 5.97. The van der Waals surface area contributed by atoms with Gasteiger partial charge in [-0.15, -0.1) is 0 Å². The molecule has 4 rings (SSSR count). The molecule has 4 atom stereocenters. The summed E-state index contributed by atoms with van der Waals surface area (Å²) in [7, 11) is 0. The number of aryl methyl sites for hydroxylation is 2. The van der Waals surface area contributed by atoms with Gasteiger partial charge >= 0.3 is 0 Å². The average Bonchev–Trinajstić information content (AvgIpc) is 2.67. The van der Waals surface area contributed by atoms with Crippen LogP contribution in [0, 0.1) is 37.0 Å². The molecule has 164 valence electrons. The lowest BCUT2D eigenvalue weighted by molar-refractivity contribution is 0.0257. The highest BCUT2D eigenvalue weighted by atomic mass is 16.1. The van der Waals surface area contributed by atoms with Gasteiger partial charge in [0.15, 0.2) is 0 Å². The zero-order chi connectivity index (χ0) is 21.7. The molecule has 0 aromatic heterocycles. The zero-order valence-corrected chi connectivity index (χ0v) is 20.0. The Kier molecular flexibility index (Phi) is 5.66. The third-order valence-electron chi connectivity index (χ3n) is 9.11. The lowest BCUT2D eigenvalue weighted by atomic mass is 9.50. The molecule has 1 aromatic rings. The van der Waals surface area contributed by atoms with Gasteiger partial charge < -0.3 is 5.32 Å². The summed E-state index contributed by atoms with van der Waals surface area (Å²) in [6, 6.07) is 6.16. The van der Waals surface area contributed by atoms with Gasteiger partial charge in [-0.25, -0.2) is 0 Å². The number of amides is 1. The molecule has 1 aromatic carbocycles. The monoisotopic (exact) mass is 407 g/mol. The van der Waals surface area contributed by atoms with Crippen LogP contribution in [0.5, 0.6) is 0 Å². The average molecular weight is 408 g/mol. The van der Waals surface area contributed by atoms with E-state index in [9.17, 15) is 4.79 Å². The lowest BCUT2D eigenvalue weighted by Crippen LogP contribution is -2.60. The number of hydrogen-bond donors (Lipinski definition) is 1. The summed E-state index contributed by atoms with van der Waals surface area (Å²) in [6.07, 6.45) is 10.0. The Bertz CT molecular complexity index is 845. The zero-order valence-electron chi connectivity index (χ0n) is 20.0. The SMILES string of the molecule is Cc1cccc(C)c1C(=O)N[C@]1(C)CCCC2(C)C3=C(CCC21)CC(C(C)C)CC3. The molecule has 3 unspecified atom stereocenters. The Hall–Kier alpha value is -1.57. The molecule has 1 fully saturated rings. The molecule has 0 heterocycles. The topological polar surface area (TPSA) is 29.1 Å². The van der Waals surface area contributed by atoms with E-state index in [2.05, 4.69) is 59.0 Å². The number of nitrogens with one attached hydrogen (secondary N) is 1. The van der Waals surface area contributed by atoms with Crippen LogP contribution < -0.4 is 5.32 Å². The molecule has 0 saturated heterocycles. The molecule has 0 radical (unpaired) electrons. The van der Waals surface area contributed by atoms with E-state index in [1.165, 1.54) is 44.9 Å². The van der Waals surface area contributed by atoms with Gasteiger partial charge in [0.25, 0.3) is 5.91 Å². The van der Waals surface area contributed by atoms with Crippen molar-refractivity contribution in [3.05, 3.63) is 46.0 Å². The standard InChI is InChI=1S/C28H41NO/c1-18(2)21-11-13-23-22(17-21)12-14-24-27(23,5)15-8-16-28(24,6)29-26(30)25-19(3)9-7-10-20(25)4/h7,9-10,18,21,24H,8,11-17H2,1-6H3,(H,29,30)/t21?,24?,27?,28-/m1/s1. The molecule has 0 aliphatic heterocycles. The Labute approximate surface area is 183 Å². The van der Waals surface area contributed by atoms with E-state index in [0.717, 1.165) is 34.9 Å². The predicted octanol–water partition coefficient (Wildman–Crippen LogP) is 7.14. The van der Waals surface area contributed by atoms with Crippen LogP contribution in [-0.4, -0.2) is 11.4 Å². The first-order valence-electron chi connectivity index (χ1n) is 12.3. The number of fused-ring (bicyclic) bond motifs is 2. The summed E-state index contributed by atoms with van der Waals surface area (Å²) in [5.41, 5.74) is 6.74. The van der Waals surface area contributed by atoms with Crippen molar-refractivity contribution in [2.45, 2.75) is 98.4 Å². The van der Waals surface area contributed by atoms with Crippen molar-refractivity contribution >= 4 is 5.91 Å². The largest absolute Gasteiger partial charge is 0.347 e. The van der Waals surface area contributed by atoms with Gasteiger partial charge in [-0.2, -0.15) is 0 Å². The predicted molar refractivity (Wildman–Crippen MR) is 126 cm³/mol. The molecule has 1 N–H and O–H groups in total. The van der Waals surface area contributed by atoms with Crippen LogP contribution in [0.4, 0.5) is 0 Å². The second kappa shape index (κ2) is 7.84. The molecule has 30 heavy (non-hydrogen) atoms. The van der Waals surface area contributed by atoms with E-state index in [1.807, 2.05) is 6.07 Å². The molecular formula is C28H41NO. The van der Waals surface area contributed by atoms with Gasteiger partial charge in [0.2, 0.25) is 0 Å². The fourth-order valence-electron chi connectivity index (χ4n) is 7.40. The van der Waals surface area contributed by atoms with Gasteiger partial charge in [-0.1, -0.05) is 56.5 Å². The first-order valence-corrected chi connectivity index (χ1v) is 12.3. The van der Waals surface area contributed by atoms with Crippen LogP contribution in [0.15, 0.2) is 29.3 Å². The molecule has 3 aliphatic carbocycles. The fourth-order valence-corrected chi connectivity index (χ4v) is 7.40. The van der Waals surface area contributed by atoms with E-state index in [4.69, 9.17) is 0 Å². The summed E-state index contributed by atoms with van der Waals surface area (Å²) in [5.74, 6) is 2.32. The molecular weight excluding hydrogens is 366 g/mol. The number of hydrogen-bond acceptors (Lipinski definition) is 1. The highest BCUT2D eigenvalue weighted by Crippen LogP contribution is 2.59. The Morgan fingerprint density at radius 1 is 1.07 bits per heavy atom. The summed E-state index contributed by atoms with van der Waals surface area (Å²) in [5, 5.41) is 3.58. The van der Waals surface area contributed by atoms with Gasteiger partial charge in [0.05, 0.1) is 0 Å². The van der Waals surface area contributed by atoms with Gasteiger partial charge in [-0.05, 0) is 100 Å². The normalized spacial score (nSPS) is 33.8. The molecule has 2 nitrogen and oxygen atoms in total. The van der Waals surface area contributed by atoms with Crippen molar-refractivity contribution < 1.29 is 4.79 Å². The smallest absolute Gasteiger partial charge is 0.252 e. The van der Waals surface area contributed by atoms with Crippen molar-refractivity contribution in [2.75, 3.05) is 0 Å². The maximum atomic E-state index is 13.4. The third-order valence-corrected chi connectivity index (χ3v) is 9.11. The number of allylic oxidation sites excluding steroid dienone is 2. The lowest BCUT2D eigenvalue weighted by Gasteiger charge is -2.57. The second-order valence-corrected chi connectivity index (χ2v) is 11.3. The minimum Gasteiger partial charge on any atom is -0.347 e. The quantitative estimate of drug-likeness (QED) is 0.530. The summed E-state index contributed by atoms with van der Waals surface area (Å²) in [6.45, 7) is 13.8. The van der Waals surface area contributed by atoms with Crippen LogP contribution in [0.3, 0.4) is 0 Å². The maximum absolute atomic E-state index is 13.4. The van der Waals surface area contributed by atoms with Crippen molar-refractivity contribution in [3.8, 4) is 0 Å². The van der Waals surface area contributed by atoms with E-state index < -0.39 is 0 Å². The van der Waals surface area contributed by atoms with Crippen LogP contribution in [0.2, 0.25) is 0 Å². The first kappa shape index (κ1) is 21.7. The number of carbonyl (C=O) groups excluding carboxylic acids is 1. The van der Waals surface area contributed by atoms with Gasteiger partial charge in [-0.3, -0.25) is 4.79 Å². The molecule has 3 aliphatic rings. The number of carbonyl (C=O) groups is 1. The fraction of sp³-hybridized carbons (Fsp3) is 0.679. The Morgan fingerprint density at radius 3 is 2.43 bits per heavy atom. The Balaban J connectivity index is 1.62. The van der Waals surface area contributed by atoms with Crippen molar-refractivity contribution in [3.63, 3.8) is 0 Å². The molecule has 1 amide bonds.